The third-order valence-corrected chi connectivity index (χ3v) is 6.64. The van der Waals surface area contributed by atoms with E-state index in [0.717, 1.165) is 52.3 Å². The second-order valence-corrected chi connectivity index (χ2v) is 8.76. The molecule has 0 saturated carbocycles. The maximum absolute atomic E-state index is 13.7. The highest BCUT2D eigenvalue weighted by Crippen LogP contribution is 2.30. The number of amides is 1. The number of anilines is 1. The summed E-state index contributed by atoms with van der Waals surface area (Å²) in [7, 11) is 1.67. The van der Waals surface area contributed by atoms with Gasteiger partial charge in [-0.15, -0.1) is 0 Å². The summed E-state index contributed by atoms with van der Waals surface area (Å²) in [4.78, 5) is 17.9. The van der Waals surface area contributed by atoms with Gasteiger partial charge in [0.15, 0.2) is 0 Å². The van der Waals surface area contributed by atoms with E-state index >= 15 is 0 Å². The van der Waals surface area contributed by atoms with E-state index in [1.54, 1.807) is 7.11 Å². The average Bonchev–Trinajstić information content (AvgIpc) is 3.23. The summed E-state index contributed by atoms with van der Waals surface area (Å²) < 4.78 is 16.7. The molecule has 7 nitrogen and oxygen atoms in total. The Bertz CT molecular complexity index is 1320. The van der Waals surface area contributed by atoms with Gasteiger partial charge in [-0.1, -0.05) is 29.4 Å². The summed E-state index contributed by atoms with van der Waals surface area (Å²) in [5.41, 5.74) is 3.41. The molecule has 0 spiro atoms. The van der Waals surface area contributed by atoms with Gasteiger partial charge in [0.05, 0.1) is 23.9 Å². The number of aryl methyl sites for hydroxylation is 2. The van der Waals surface area contributed by atoms with Crippen LogP contribution in [0.2, 0.25) is 0 Å². The fraction of sp³-hybridized carbons (Fsp3) is 0.286. The third-order valence-electron chi connectivity index (χ3n) is 6.64. The molecule has 0 bridgehead atoms. The van der Waals surface area contributed by atoms with Crippen molar-refractivity contribution in [3.8, 4) is 11.5 Å². The number of piperazine rings is 1. The van der Waals surface area contributed by atoms with Gasteiger partial charge in [-0.3, -0.25) is 4.79 Å². The number of carbonyl (C=O) groups is 1. The molecular formula is C28H29N3O4. The zero-order chi connectivity index (χ0) is 24.4. The predicted octanol–water partition coefficient (Wildman–Crippen LogP) is 4.99. The SMILES string of the molecule is COc1ccc(N2CCN(C(=O)c3cc4ccccc4cc3OCc3c(C)noc3C)CC2)cc1. The Morgan fingerprint density at radius 1 is 0.971 bits per heavy atom. The van der Waals surface area contributed by atoms with Gasteiger partial charge in [0, 0.05) is 31.9 Å². The van der Waals surface area contributed by atoms with Crippen LogP contribution in [0.4, 0.5) is 5.69 Å². The molecule has 2 heterocycles. The number of ether oxygens (including phenoxy) is 2. The van der Waals surface area contributed by atoms with Gasteiger partial charge in [0.25, 0.3) is 5.91 Å². The second kappa shape index (κ2) is 9.70. The molecule has 1 fully saturated rings. The number of methoxy groups -OCH3 is 1. The van der Waals surface area contributed by atoms with Crippen molar-refractivity contribution < 1.29 is 18.8 Å². The van der Waals surface area contributed by atoms with Gasteiger partial charge < -0.3 is 23.8 Å². The van der Waals surface area contributed by atoms with Crippen molar-refractivity contribution in [3.63, 3.8) is 0 Å². The molecule has 0 unspecified atom stereocenters. The molecule has 180 valence electrons. The van der Waals surface area contributed by atoms with Crippen LogP contribution in [0.3, 0.4) is 0 Å². The lowest BCUT2D eigenvalue weighted by molar-refractivity contribution is 0.0742. The minimum absolute atomic E-state index is 0.0149. The van der Waals surface area contributed by atoms with Crippen molar-refractivity contribution in [2.75, 3.05) is 38.2 Å². The Morgan fingerprint density at radius 3 is 2.29 bits per heavy atom. The maximum atomic E-state index is 13.7. The van der Waals surface area contributed by atoms with Crippen molar-refractivity contribution in [1.29, 1.82) is 0 Å². The Kier molecular flexibility index (Phi) is 6.31. The van der Waals surface area contributed by atoms with Crippen molar-refractivity contribution >= 4 is 22.4 Å². The van der Waals surface area contributed by atoms with Crippen molar-refractivity contribution in [3.05, 3.63) is 83.2 Å². The molecule has 0 atom stereocenters. The fourth-order valence-electron chi connectivity index (χ4n) is 4.49. The van der Waals surface area contributed by atoms with Crippen LogP contribution < -0.4 is 14.4 Å². The molecule has 1 aromatic heterocycles. The lowest BCUT2D eigenvalue weighted by Crippen LogP contribution is -2.48. The van der Waals surface area contributed by atoms with Crippen molar-refractivity contribution in [1.82, 2.24) is 10.1 Å². The normalized spacial score (nSPS) is 13.8. The Labute approximate surface area is 204 Å². The Hall–Kier alpha value is -4.00. The molecule has 0 aliphatic carbocycles. The third kappa shape index (κ3) is 4.67. The van der Waals surface area contributed by atoms with Crippen LogP contribution in [0.15, 0.2) is 65.2 Å². The quantitative estimate of drug-likeness (QED) is 0.395. The van der Waals surface area contributed by atoms with Crippen LogP contribution in [0.5, 0.6) is 11.5 Å². The highest BCUT2D eigenvalue weighted by Gasteiger charge is 2.25. The summed E-state index contributed by atoms with van der Waals surface area (Å²) in [6, 6.07) is 19.9. The van der Waals surface area contributed by atoms with Crippen LogP contribution in [0.25, 0.3) is 10.8 Å². The summed E-state index contributed by atoms with van der Waals surface area (Å²) in [5, 5.41) is 6.05. The zero-order valence-electron chi connectivity index (χ0n) is 20.3. The zero-order valence-corrected chi connectivity index (χ0v) is 20.3. The maximum Gasteiger partial charge on any atom is 0.257 e. The summed E-state index contributed by atoms with van der Waals surface area (Å²) >= 11 is 0. The molecule has 0 N–H and O–H groups in total. The summed E-state index contributed by atoms with van der Waals surface area (Å²) in [6.07, 6.45) is 0. The molecular weight excluding hydrogens is 442 g/mol. The minimum Gasteiger partial charge on any atom is -0.497 e. The fourth-order valence-corrected chi connectivity index (χ4v) is 4.49. The largest absolute Gasteiger partial charge is 0.497 e. The first kappa shape index (κ1) is 22.8. The minimum atomic E-state index is -0.0149. The van der Waals surface area contributed by atoms with Crippen molar-refractivity contribution in [2.24, 2.45) is 0 Å². The number of hydrogen-bond donors (Lipinski definition) is 0. The van der Waals surface area contributed by atoms with Crippen LogP contribution >= 0.6 is 0 Å². The first-order valence-corrected chi connectivity index (χ1v) is 11.8. The molecule has 35 heavy (non-hydrogen) atoms. The molecule has 5 rings (SSSR count). The van der Waals surface area contributed by atoms with Crippen molar-refractivity contribution in [2.45, 2.75) is 20.5 Å². The van der Waals surface area contributed by atoms with Gasteiger partial charge in [0.1, 0.15) is 23.9 Å². The van der Waals surface area contributed by atoms with E-state index < -0.39 is 0 Å². The Balaban J connectivity index is 1.36. The number of hydrogen-bond acceptors (Lipinski definition) is 6. The van der Waals surface area contributed by atoms with Gasteiger partial charge >= 0.3 is 0 Å². The van der Waals surface area contributed by atoms with E-state index in [1.165, 1.54) is 0 Å². The molecule has 4 aromatic rings. The lowest BCUT2D eigenvalue weighted by atomic mass is 10.0. The van der Waals surface area contributed by atoms with E-state index in [4.69, 9.17) is 14.0 Å². The predicted molar refractivity (Wildman–Crippen MR) is 135 cm³/mol. The van der Waals surface area contributed by atoms with E-state index in [2.05, 4.69) is 22.2 Å². The molecule has 1 aliphatic heterocycles. The highest BCUT2D eigenvalue weighted by atomic mass is 16.5. The molecule has 1 amide bonds. The number of nitrogens with zero attached hydrogens (tertiary/aromatic N) is 3. The second-order valence-electron chi connectivity index (χ2n) is 8.76. The molecule has 7 heteroatoms. The molecule has 0 radical (unpaired) electrons. The van der Waals surface area contributed by atoms with Gasteiger partial charge in [-0.25, -0.2) is 0 Å². The van der Waals surface area contributed by atoms with Gasteiger partial charge in [-0.05, 0) is 61.0 Å². The standard InChI is InChI=1S/C28H29N3O4/c1-19-26(20(2)35-29-19)18-34-27-17-22-7-5-4-6-21(22)16-25(27)28(32)31-14-12-30(13-15-31)23-8-10-24(33-3)11-9-23/h4-11,16-17H,12-15,18H2,1-3H3. The van der Waals surface area contributed by atoms with Crippen LogP contribution in [0, 0.1) is 13.8 Å². The topological polar surface area (TPSA) is 68.0 Å². The van der Waals surface area contributed by atoms with E-state index in [9.17, 15) is 4.79 Å². The number of carbonyl (C=O) groups excluding carboxylic acids is 1. The first-order valence-electron chi connectivity index (χ1n) is 11.8. The van der Waals surface area contributed by atoms with E-state index in [-0.39, 0.29) is 5.91 Å². The number of benzene rings is 3. The van der Waals surface area contributed by atoms with Gasteiger partial charge in [0.2, 0.25) is 0 Å². The lowest BCUT2D eigenvalue weighted by Gasteiger charge is -2.36. The number of rotatable bonds is 6. The molecule has 3 aromatic carbocycles. The summed E-state index contributed by atoms with van der Waals surface area (Å²) in [6.45, 7) is 6.87. The van der Waals surface area contributed by atoms with Crippen LogP contribution in [-0.4, -0.2) is 49.3 Å². The number of fused-ring (bicyclic) bond motifs is 1. The van der Waals surface area contributed by atoms with Crippen LogP contribution in [0.1, 0.15) is 27.4 Å². The van der Waals surface area contributed by atoms with Gasteiger partial charge in [-0.2, -0.15) is 0 Å². The van der Waals surface area contributed by atoms with Crippen LogP contribution in [-0.2, 0) is 6.61 Å². The monoisotopic (exact) mass is 471 g/mol. The smallest absolute Gasteiger partial charge is 0.257 e. The highest BCUT2D eigenvalue weighted by molar-refractivity contribution is 6.01. The van der Waals surface area contributed by atoms with E-state index in [0.29, 0.717) is 31.0 Å². The molecule has 1 aliphatic rings. The summed E-state index contributed by atoms with van der Waals surface area (Å²) in [5.74, 6) is 2.12. The first-order chi connectivity index (χ1) is 17.0. The Morgan fingerprint density at radius 2 is 1.66 bits per heavy atom. The molecule has 1 saturated heterocycles. The van der Waals surface area contributed by atoms with E-state index in [1.807, 2.05) is 67.3 Å². The average molecular weight is 472 g/mol. The number of aromatic nitrogens is 1.